The molecule has 0 bridgehead atoms. The van der Waals surface area contributed by atoms with E-state index in [9.17, 15) is 4.79 Å². The van der Waals surface area contributed by atoms with Gasteiger partial charge in [0.2, 0.25) is 0 Å². The van der Waals surface area contributed by atoms with Gasteiger partial charge in [-0.25, -0.2) is 9.67 Å². The average molecular weight is 408 g/mol. The second-order valence-electron chi connectivity index (χ2n) is 7.42. The van der Waals surface area contributed by atoms with Crippen LogP contribution in [0.15, 0.2) is 64.8 Å². The molecule has 1 aliphatic rings. The number of pyridine rings is 1. The molecule has 6 nitrogen and oxygen atoms in total. The number of benzene rings is 1. The topological polar surface area (TPSA) is 63.1 Å². The first kappa shape index (κ1) is 19.7. The zero-order valence-electron chi connectivity index (χ0n) is 16.7. The summed E-state index contributed by atoms with van der Waals surface area (Å²) < 4.78 is 1.95. The summed E-state index contributed by atoms with van der Waals surface area (Å²) >= 11 is 1.50. The number of nitrogens with zero attached hydrogens (tertiary/aromatic N) is 4. The predicted octanol–water partition coefficient (Wildman–Crippen LogP) is 4.26. The highest BCUT2D eigenvalue weighted by molar-refractivity contribution is 7.99. The number of likely N-dealkylation sites (tertiary alicyclic amines) is 1. The van der Waals surface area contributed by atoms with Gasteiger partial charge in [-0.3, -0.25) is 4.79 Å². The number of carbonyl (C=O) groups excluding carboxylic acids is 1. The van der Waals surface area contributed by atoms with Crippen molar-refractivity contribution >= 4 is 23.5 Å². The van der Waals surface area contributed by atoms with Gasteiger partial charge in [-0.1, -0.05) is 29.5 Å². The molecule has 4 rings (SSSR count). The maximum absolute atomic E-state index is 13.1. The molecule has 7 heteroatoms. The van der Waals surface area contributed by atoms with Crippen LogP contribution in [0.3, 0.4) is 0 Å². The van der Waals surface area contributed by atoms with Gasteiger partial charge in [-0.15, -0.1) is 0 Å². The first-order valence-electron chi connectivity index (χ1n) is 9.83. The Labute approximate surface area is 175 Å². The summed E-state index contributed by atoms with van der Waals surface area (Å²) in [6, 6.07) is 14.0. The predicted molar refractivity (Wildman–Crippen MR) is 115 cm³/mol. The van der Waals surface area contributed by atoms with Gasteiger partial charge in [-0.2, -0.15) is 5.10 Å². The van der Waals surface area contributed by atoms with E-state index in [1.54, 1.807) is 18.5 Å². The maximum Gasteiger partial charge on any atom is 0.259 e. The minimum atomic E-state index is -0.164. The molecule has 1 amide bonds. The highest BCUT2D eigenvalue weighted by atomic mass is 32.2. The van der Waals surface area contributed by atoms with Crippen molar-refractivity contribution in [2.75, 3.05) is 25.5 Å². The third-order valence-corrected chi connectivity index (χ3v) is 6.22. The second kappa shape index (κ2) is 8.80. The summed E-state index contributed by atoms with van der Waals surface area (Å²) in [7, 11) is 2.14. The van der Waals surface area contributed by atoms with Crippen LogP contribution in [-0.2, 0) is 0 Å². The Morgan fingerprint density at radius 2 is 1.86 bits per heavy atom. The van der Waals surface area contributed by atoms with E-state index in [4.69, 9.17) is 0 Å². The summed E-state index contributed by atoms with van der Waals surface area (Å²) in [6.45, 7) is 4.14. The molecule has 0 unspecified atom stereocenters. The van der Waals surface area contributed by atoms with Crippen LogP contribution in [-0.4, -0.2) is 45.7 Å². The fraction of sp³-hybridized carbons (Fsp3) is 0.318. The Balaban J connectivity index is 1.51. The van der Waals surface area contributed by atoms with Gasteiger partial charge in [0.05, 0.1) is 17.8 Å². The molecule has 0 radical (unpaired) electrons. The van der Waals surface area contributed by atoms with E-state index in [2.05, 4.69) is 46.4 Å². The molecule has 3 heterocycles. The van der Waals surface area contributed by atoms with E-state index < -0.39 is 0 Å². The van der Waals surface area contributed by atoms with Crippen molar-refractivity contribution in [3.8, 4) is 0 Å². The third kappa shape index (κ3) is 4.68. The van der Waals surface area contributed by atoms with Crippen molar-refractivity contribution in [3.05, 3.63) is 66.0 Å². The van der Waals surface area contributed by atoms with Crippen molar-refractivity contribution in [2.24, 2.45) is 0 Å². The van der Waals surface area contributed by atoms with Crippen molar-refractivity contribution in [1.82, 2.24) is 19.7 Å². The molecule has 150 valence electrons. The van der Waals surface area contributed by atoms with Crippen LogP contribution < -0.4 is 5.32 Å². The number of aryl methyl sites for hydroxylation is 1. The van der Waals surface area contributed by atoms with Gasteiger partial charge >= 0.3 is 0 Å². The number of rotatable bonds is 5. The molecule has 1 N–H and O–H groups in total. The number of nitrogens with one attached hydrogen (secondary N) is 1. The zero-order chi connectivity index (χ0) is 20.2. The van der Waals surface area contributed by atoms with E-state index in [1.807, 2.05) is 28.9 Å². The van der Waals surface area contributed by atoms with Crippen LogP contribution in [0.1, 0.15) is 34.8 Å². The van der Waals surface area contributed by atoms with Gasteiger partial charge < -0.3 is 10.2 Å². The lowest BCUT2D eigenvalue weighted by Gasteiger charge is -2.30. The third-order valence-electron chi connectivity index (χ3n) is 5.20. The molecule has 2 aromatic heterocycles. The van der Waals surface area contributed by atoms with E-state index in [0.717, 1.165) is 36.6 Å². The standard InChI is InChI=1S/C22H25N5OS/c1-16-5-7-18(8-6-16)29-22-19(4-3-12-23-22)21(28)25-20-9-13-24-27(20)17-10-14-26(2)15-11-17/h3-9,12-13,17H,10-11,14-15H2,1-2H3,(H,25,28). The van der Waals surface area contributed by atoms with E-state index in [1.165, 1.54) is 17.3 Å². The number of amides is 1. The normalized spacial score (nSPS) is 15.4. The van der Waals surface area contributed by atoms with Gasteiger partial charge in [0.15, 0.2) is 0 Å². The Hall–Kier alpha value is -2.64. The van der Waals surface area contributed by atoms with E-state index in [0.29, 0.717) is 16.6 Å². The molecular weight excluding hydrogens is 382 g/mol. The smallest absolute Gasteiger partial charge is 0.259 e. The molecule has 0 saturated carbocycles. The Bertz CT molecular complexity index is 977. The second-order valence-corrected chi connectivity index (χ2v) is 8.48. The molecule has 0 aliphatic carbocycles. The lowest BCUT2D eigenvalue weighted by molar-refractivity contribution is 0.102. The Kier molecular flexibility index (Phi) is 5.97. The van der Waals surface area contributed by atoms with Gasteiger partial charge in [0.25, 0.3) is 5.91 Å². The van der Waals surface area contributed by atoms with Crippen LogP contribution in [0, 0.1) is 6.92 Å². The molecular formula is C22H25N5OS. The Morgan fingerprint density at radius 1 is 1.10 bits per heavy atom. The highest BCUT2D eigenvalue weighted by Crippen LogP contribution is 2.30. The van der Waals surface area contributed by atoms with Crippen LogP contribution in [0.2, 0.25) is 0 Å². The van der Waals surface area contributed by atoms with Crippen LogP contribution >= 0.6 is 11.8 Å². The summed E-state index contributed by atoms with van der Waals surface area (Å²) in [5.41, 5.74) is 1.77. The van der Waals surface area contributed by atoms with Crippen molar-refractivity contribution < 1.29 is 4.79 Å². The molecule has 29 heavy (non-hydrogen) atoms. The molecule has 0 atom stereocenters. The number of hydrogen-bond acceptors (Lipinski definition) is 5. The lowest BCUT2D eigenvalue weighted by atomic mass is 10.1. The number of hydrogen-bond donors (Lipinski definition) is 1. The van der Waals surface area contributed by atoms with Crippen molar-refractivity contribution in [1.29, 1.82) is 0 Å². The zero-order valence-corrected chi connectivity index (χ0v) is 17.5. The molecule has 1 aliphatic heterocycles. The lowest BCUT2D eigenvalue weighted by Crippen LogP contribution is -2.32. The van der Waals surface area contributed by atoms with Gasteiger partial charge in [0.1, 0.15) is 10.8 Å². The first-order valence-corrected chi connectivity index (χ1v) is 10.6. The highest BCUT2D eigenvalue weighted by Gasteiger charge is 2.22. The maximum atomic E-state index is 13.1. The molecule has 1 saturated heterocycles. The fourth-order valence-corrected chi connectivity index (χ4v) is 4.37. The van der Waals surface area contributed by atoms with E-state index in [-0.39, 0.29) is 5.91 Å². The number of carbonyl (C=O) groups is 1. The van der Waals surface area contributed by atoms with Gasteiger partial charge in [-0.05, 0) is 64.2 Å². The minimum absolute atomic E-state index is 0.164. The summed E-state index contributed by atoms with van der Waals surface area (Å²) in [6.07, 6.45) is 5.53. The minimum Gasteiger partial charge on any atom is -0.307 e. The number of piperidine rings is 1. The molecule has 0 spiro atoms. The molecule has 1 fully saturated rings. The van der Waals surface area contributed by atoms with E-state index >= 15 is 0 Å². The SMILES string of the molecule is Cc1ccc(Sc2ncccc2C(=O)Nc2ccnn2C2CCN(C)CC2)cc1. The summed E-state index contributed by atoms with van der Waals surface area (Å²) in [4.78, 5) is 20.9. The number of anilines is 1. The molecule has 3 aromatic rings. The number of aromatic nitrogens is 3. The van der Waals surface area contributed by atoms with Crippen LogP contribution in [0.4, 0.5) is 5.82 Å². The monoisotopic (exact) mass is 407 g/mol. The average Bonchev–Trinajstić information content (AvgIpc) is 3.19. The fourth-order valence-electron chi connectivity index (χ4n) is 3.49. The molecule has 1 aromatic carbocycles. The summed E-state index contributed by atoms with van der Waals surface area (Å²) in [5, 5.41) is 8.21. The summed E-state index contributed by atoms with van der Waals surface area (Å²) in [5.74, 6) is 0.571. The largest absolute Gasteiger partial charge is 0.307 e. The van der Waals surface area contributed by atoms with Crippen molar-refractivity contribution in [2.45, 2.75) is 35.7 Å². The quantitative estimate of drug-likeness (QED) is 0.685. The Morgan fingerprint density at radius 3 is 2.62 bits per heavy atom. The first-order chi connectivity index (χ1) is 14.1. The van der Waals surface area contributed by atoms with Crippen molar-refractivity contribution in [3.63, 3.8) is 0 Å². The van der Waals surface area contributed by atoms with Crippen LogP contribution in [0.25, 0.3) is 0 Å². The van der Waals surface area contributed by atoms with Crippen LogP contribution in [0.5, 0.6) is 0 Å². The van der Waals surface area contributed by atoms with Gasteiger partial charge in [0, 0.05) is 17.2 Å².